The van der Waals surface area contributed by atoms with Crippen LogP contribution in [-0.4, -0.2) is 56.8 Å². The second-order valence-electron chi connectivity index (χ2n) is 8.49. The molecule has 0 spiro atoms. The summed E-state index contributed by atoms with van der Waals surface area (Å²) in [7, 11) is 0. The molecule has 3 aromatic rings. The van der Waals surface area contributed by atoms with Gasteiger partial charge < -0.3 is 9.80 Å². The number of carbonyl (C=O) groups excluding carboxylic acids is 2. The molecule has 7 heteroatoms. The summed E-state index contributed by atoms with van der Waals surface area (Å²) in [6.07, 6.45) is 4.18. The molecule has 2 aromatic carbocycles. The predicted molar refractivity (Wildman–Crippen MR) is 128 cm³/mol. The zero-order valence-corrected chi connectivity index (χ0v) is 19.0. The van der Waals surface area contributed by atoms with Gasteiger partial charge in [-0.1, -0.05) is 37.3 Å². The Hall–Kier alpha value is -3.48. The van der Waals surface area contributed by atoms with Crippen molar-refractivity contribution in [2.24, 2.45) is 0 Å². The Bertz CT molecular complexity index is 1170. The molecule has 2 amide bonds. The van der Waals surface area contributed by atoms with Gasteiger partial charge in [-0.2, -0.15) is 0 Å². The number of aromatic nitrogens is 2. The Morgan fingerprint density at radius 3 is 2.45 bits per heavy atom. The lowest BCUT2D eigenvalue weighted by molar-refractivity contribution is -0.134. The van der Waals surface area contributed by atoms with Crippen LogP contribution in [-0.2, 0) is 11.3 Å². The van der Waals surface area contributed by atoms with E-state index in [0.29, 0.717) is 42.6 Å². The summed E-state index contributed by atoms with van der Waals surface area (Å²) in [5.41, 5.74) is 1.24. The number of fused-ring (bicyclic) bond motifs is 1. The number of amides is 2. The van der Waals surface area contributed by atoms with Gasteiger partial charge in [0.15, 0.2) is 0 Å². The highest BCUT2D eigenvalue weighted by atomic mass is 16.2. The van der Waals surface area contributed by atoms with Crippen LogP contribution in [0.15, 0.2) is 65.7 Å². The standard InChI is InChI=1S/C26H30N4O3/c1-2-15-30(21-12-16-28(17-13-21)25(32)20-8-4-3-5-9-20)24(31)14-18-29-19-27-23-11-7-6-10-22(23)26(29)33/h3-11,19,21H,2,12-18H2,1H3. The van der Waals surface area contributed by atoms with E-state index in [2.05, 4.69) is 11.9 Å². The molecule has 33 heavy (non-hydrogen) atoms. The van der Waals surface area contributed by atoms with E-state index in [1.165, 1.54) is 10.9 Å². The first-order chi connectivity index (χ1) is 16.1. The zero-order chi connectivity index (χ0) is 23.2. The van der Waals surface area contributed by atoms with Crippen molar-refractivity contribution in [3.63, 3.8) is 0 Å². The third-order valence-electron chi connectivity index (χ3n) is 6.30. The van der Waals surface area contributed by atoms with Gasteiger partial charge in [-0.25, -0.2) is 4.98 Å². The number of rotatable bonds is 7. The summed E-state index contributed by atoms with van der Waals surface area (Å²) in [5.74, 6) is 0.0929. The quantitative estimate of drug-likeness (QED) is 0.558. The Morgan fingerprint density at radius 2 is 1.73 bits per heavy atom. The number of piperidine rings is 1. The average Bonchev–Trinajstić information content (AvgIpc) is 2.87. The number of hydrogen-bond acceptors (Lipinski definition) is 4. The Balaban J connectivity index is 1.37. The molecule has 1 aromatic heterocycles. The van der Waals surface area contributed by atoms with Crippen molar-refractivity contribution in [1.82, 2.24) is 19.4 Å². The van der Waals surface area contributed by atoms with Crippen molar-refractivity contribution in [3.8, 4) is 0 Å². The molecule has 172 valence electrons. The summed E-state index contributed by atoms with van der Waals surface area (Å²) in [5, 5.41) is 0.563. The Labute approximate surface area is 193 Å². The van der Waals surface area contributed by atoms with Crippen molar-refractivity contribution >= 4 is 22.7 Å². The lowest BCUT2D eigenvalue weighted by atomic mass is 10.0. The number of aryl methyl sites for hydroxylation is 1. The molecule has 2 heterocycles. The molecule has 7 nitrogen and oxygen atoms in total. The smallest absolute Gasteiger partial charge is 0.261 e. The second-order valence-corrected chi connectivity index (χ2v) is 8.49. The van der Waals surface area contributed by atoms with Crippen molar-refractivity contribution in [2.45, 2.75) is 45.2 Å². The third kappa shape index (κ3) is 5.13. The minimum absolute atomic E-state index is 0.0461. The average molecular weight is 447 g/mol. The molecule has 1 saturated heterocycles. The van der Waals surface area contributed by atoms with Crippen LogP contribution in [0, 0.1) is 0 Å². The van der Waals surface area contributed by atoms with E-state index in [-0.39, 0.29) is 29.8 Å². The van der Waals surface area contributed by atoms with Crippen LogP contribution < -0.4 is 5.56 Å². The molecule has 1 aliphatic rings. The summed E-state index contributed by atoms with van der Waals surface area (Å²) in [4.78, 5) is 46.7. The van der Waals surface area contributed by atoms with Gasteiger partial charge in [0.05, 0.1) is 17.2 Å². The second kappa shape index (κ2) is 10.4. The highest BCUT2D eigenvalue weighted by Gasteiger charge is 2.29. The van der Waals surface area contributed by atoms with Crippen LogP contribution in [0.2, 0.25) is 0 Å². The first-order valence-corrected chi connectivity index (χ1v) is 11.7. The number of hydrogen-bond donors (Lipinski definition) is 0. The van der Waals surface area contributed by atoms with Crippen molar-refractivity contribution < 1.29 is 9.59 Å². The van der Waals surface area contributed by atoms with E-state index in [0.717, 1.165) is 19.3 Å². The fraction of sp³-hybridized carbons (Fsp3) is 0.385. The third-order valence-corrected chi connectivity index (χ3v) is 6.30. The minimum Gasteiger partial charge on any atom is -0.340 e. The van der Waals surface area contributed by atoms with Crippen LogP contribution in [0.5, 0.6) is 0 Å². The van der Waals surface area contributed by atoms with Gasteiger partial charge in [0, 0.05) is 44.2 Å². The number of carbonyl (C=O) groups is 2. The maximum atomic E-state index is 13.1. The fourth-order valence-electron chi connectivity index (χ4n) is 4.52. The van der Waals surface area contributed by atoms with Crippen LogP contribution in [0.3, 0.4) is 0 Å². The summed E-state index contributed by atoms with van der Waals surface area (Å²) in [6, 6.07) is 16.7. The number of benzene rings is 2. The lowest BCUT2D eigenvalue weighted by Gasteiger charge is -2.38. The van der Waals surface area contributed by atoms with Gasteiger partial charge in [0.1, 0.15) is 0 Å². The van der Waals surface area contributed by atoms with Gasteiger partial charge in [-0.15, -0.1) is 0 Å². The van der Waals surface area contributed by atoms with E-state index in [9.17, 15) is 14.4 Å². The van der Waals surface area contributed by atoms with E-state index in [1.54, 1.807) is 6.07 Å². The van der Waals surface area contributed by atoms with E-state index in [4.69, 9.17) is 0 Å². The molecule has 0 N–H and O–H groups in total. The van der Waals surface area contributed by atoms with Gasteiger partial charge in [0.2, 0.25) is 5.91 Å². The van der Waals surface area contributed by atoms with Crippen LogP contribution in [0.4, 0.5) is 0 Å². The van der Waals surface area contributed by atoms with Gasteiger partial charge in [-0.3, -0.25) is 19.0 Å². The van der Waals surface area contributed by atoms with Gasteiger partial charge >= 0.3 is 0 Å². The number of likely N-dealkylation sites (tertiary alicyclic amines) is 1. The first kappa shape index (κ1) is 22.7. The number of para-hydroxylation sites is 1. The van der Waals surface area contributed by atoms with Gasteiger partial charge in [0.25, 0.3) is 11.5 Å². The molecule has 0 aliphatic carbocycles. The minimum atomic E-state index is -0.122. The van der Waals surface area contributed by atoms with Crippen molar-refractivity contribution in [1.29, 1.82) is 0 Å². The van der Waals surface area contributed by atoms with E-state index in [1.807, 2.05) is 58.3 Å². The molecule has 4 rings (SSSR count). The van der Waals surface area contributed by atoms with Crippen LogP contribution in [0.25, 0.3) is 10.9 Å². The molecule has 1 aliphatic heterocycles. The molecule has 1 fully saturated rings. The topological polar surface area (TPSA) is 75.5 Å². The maximum absolute atomic E-state index is 13.1. The Kier molecular flexibility index (Phi) is 7.17. The Morgan fingerprint density at radius 1 is 1.03 bits per heavy atom. The molecular weight excluding hydrogens is 416 g/mol. The monoisotopic (exact) mass is 446 g/mol. The van der Waals surface area contributed by atoms with E-state index >= 15 is 0 Å². The summed E-state index contributed by atoms with van der Waals surface area (Å²) < 4.78 is 1.52. The van der Waals surface area contributed by atoms with Crippen molar-refractivity contribution in [2.75, 3.05) is 19.6 Å². The fourth-order valence-corrected chi connectivity index (χ4v) is 4.52. The SMILES string of the molecule is CCCN(C(=O)CCn1cnc2ccccc2c1=O)C1CCN(C(=O)c2ccccc2)CC1. The first-order valence-electron chi connectivity index (χ1n) is 11.7. The summed E-state index contributed by atoms with van der Waals surface area (Å²) in [6.45, 7) is 4.33. The molecule has 0 saturated carbocycles. The van der Waals surface area contributed by atoms with Crippen LogP contribution >= 0.6 is 0 Å². The predicted octanol–water partition coefficient (Wildman–Crippen LogP) is 3.33. The molecular formula is C26H30N4O3. The van der Waals surface area contributed by atoms with E-state index < -0.39 is 0 Å². The van der Waals surface area contributed by atoms with Crippen molar-refractivity contribution in [3.05, 3.63) is 76.8 Å². The maximum Gasteiger partial charge on any atom is 0.261 e. The zero-order valence-electron chi connectivity index (χ0n) is 19.0. The largest absolute Gasteiger partial charge is 0.340 e. The highest BCUT2D eigenvalue weighted by molar-refractivity contribution is 5.94. The molecule has 0 radical (unpaired) electrons. The highest BCUT2D eigenvalue weighted by Crippen LogP contribution is 2.20. The summed E-state index contributed by atoms with van der Waals surface area (Å²) >= 11 is 0. The molecule has 0 atom stereocenters. The lowest BCUT2D eigenvalue weighted by Crippen LogP contribution is -2.49. The molecule has 0 bridgehead atoms. The number of nitrogens with zero attached hydrogens (tertiary/aromatic N) is 4. The normalized spacial score (nSPS) is 14.4. The van der Waals surface area contributed by atoms with Gasteiger partial charge in [-0.05, 0) is 43.5 Å². The molecule has 0 unspecified atom stereocenters. The van der Waals surface area contributed by atoms with Crippen LogP contribution in [0.1, 0.15) is 43.0 Å².